The second kappa shape index (κ2) is 6.19. The lowest BCUT2D eigenvalue weighted by Crippen LogP contribution is -2.21. The molecule has 0 heterocycles. The molecule has 0 aromatic heterocycles. The maximum Gasteiger partial charge on any atom is 0.0853 e. The van der Waals surface area contributed by atoms with E-state index >= 15 is 0 Å². The van der Waals surface area contributed by atoms with E-state index < -0.39 is 8.07 Å². The summed E-state index contributed by atoms with van der Waals surface area (Å²) in [7, 11) is -1.08. The van der Waals surface area contributed by atoms with Crippen LogP contribution in [0.25, 0.3) is 0 Å². The molecule has 1 N–H and O–H groups in total. The number of aliphatic hydroxyl groups is 1. The second-order valence-corrected chi connectivity index (χ2v) is 11.6. The van der Waals surface area contributed by atoms with Crippen molar-refractivity contribution in [2.24, 2.45) is 0 Å². The predicted octanol–water partition coefficient (Wildman–Crippen LogP) is 3.74. The van der Waals surface area contributed by atoms with E-state index in [2.05, 4.69) is 49.2 Å². The standard InChI is InChI=1S/C10H21IOSi/c1-9(7-5-6-8-12)10(11)13(2,3)4/h12H,5-8H2,1-4H3/b10-9+. The van der Waals surface area contributed by atoms with Gasteiger partial charge in [0, 0.05) is 6.61 Å². The van der Waals surface area contributed by atoms with Crippen molar-refractivity contribution in [2.75, 3.05) is 6.61 Å². The average Bonchev–Trinajstić information content (AvgIpc) is 2.01. The summed E-state index contributed by atoms with van der Waals surface area (Å²) in [4.78, 5) is 0. The zero-order valence-electron chi connectivity index (χ0n) is 9.15. The van der Waals surface area contributed by atoms with Gasteiger partial charge in [-0.25, -0.2) is 0 Å². The minimum atomic E-state index is -1.08. The number of aliphatic hydroxyl groups excluding tert-OH is 1. The monoisotopic (exact) mass is 312 g/mol. The summed E-state index contributed by atoms with van der Waals surface area (Å²) in [5.41, 5.74) is 1.54. The first-order valence-corrected chi connectivity index (χ1v) is 9.44. The molecule has 0 aliphatic carbocycles. The van der Waals surface area contributed by atoms with E-state index in [4.69, 9.17) is 5.11 Å². The highest BCUT2D eigenvalue weighted by Crippen LogP contribution is 2.27. The number of hydrogen-bond donors (Lipinski definition) is 1. The fourth-order valence-corrected chi connectivity index (χ4v) is 2.93. The van der Waals surface area contributed by atoms with E-state index in [-0.39, 0.29) is 0 Å². The third kappa shape index (κ3) is 5.86. The zero-order valence-corrected chi connectivity index (χ0v) is 12.3. The van der Waals surface area contributed by atoms with Crippen LogP contribution in [0.2, 0.25) is 19.6 Å². The van der Waals surface area contributed by atoms with E-state index in [0.717, 1.165) is 19.3 Å². The molecule has 0 unspecified atom stereocenters. The Morgan fingerprint density at radius 1 is 1.23 bits per heavy atom. The first kappa shape index (κ1) is 13.6. The number of hydrogen-bond acceptors (Lipinski definition) is 1. The molecular formula is C10H21IOSi. The molecule has 0 bridgehead atoms. The molecule has 0 amide bonds. The molecule has 1 nitrogen and oxygen atoms in total. The minimum Gasteiger partial charge on any atom is -0.396 e. The normalized spacial score (nSPS) is 14.3. The fourth-order valence-electron chi connectivity index (χ4n) is 1.25. The van der Waals surface area contributed by atoms with E-state index in [1.54, 1.807) is 3.20 Å². The Hall–Kier alpha value is 0.647. The molecule has 0 saturated carbocycles. The average molecular weight is 312 g/mol. The van der Waals surface area contributed by atoms with Gasteiger partial charge in [0.25, 0.3) is 0 Å². The van der Waals surface area contributed by atoms with Crippen molar-refractivity contribution in [2.45, 2.75) is 45.8 Å². The summed E-state index contributed by atoms with van der Waals surface area (Å²) in [6.07, 6.45) is 3.22. The van der Waals surface area contributed by atoms with Gasteiger partial charge in [-0.1, -0.05) is 47.8 Å². The molecule has 0 atom stereocenters. The molecule has 0 fully saturated rings. The Labute approximate surface area is 96.8 Å². The maximum atomic E-state index is 8.67. The van der Waals surface area contributed by atoms with Crippen LogP contribution in [0, 0.1) is 0 Å². The lowest BCUT2D eigenvalue weighted by molar-refractivity contribution is 0.284. The van der Waals surface area contributed by atoms with Gasteiger partial charge in [0.1, 0.15) is 0 Å². The molecule has 0 spiro atoms. The van der Waals surface area contributed by atoms with Crippen LogP contribution in [0.3, 0.4) is 0 Å². The lowest BCUT2D eigenvalue weighted by Gasteiger charge is -2.18. The van der Waals surface area contributed by atoms with Crippen molar-refractivity contribution in [3.63, 3.8) is 0 Å². The van der Waals surface area contributed by atoms with Crippen LogP contribution >= 0.6 is 22.6 Å². The summed E-state index contributed by atoms with van der Waals surface area (Å²) in [5.74, 6) is 0. The van der Waals surface area contributed by atoms with Crippen molar-refractivity contribution in [1.29, 1.82) is 0 Å². The largest absolute Gasteiger partial charge is 0.396 e. The number of halogens is 1. The van der Waals surface area contributed by atoms with Crippen LogP contribution in [0.1, 0.15) is 26.2 Å². The summed E-state index contributed by atoms with van der Waals surface area (Å²) in [6.45, 7) is 9.70. The quantitative estimate of drug-likeness (QED) is 0.466. The Bertz CT molecular complexity index is 182. The molecule has 0 saturated heterocycles. The van der Waals surface area contributed by atoms with Crippen molar-refractivity contribution in [3.05, 3.63) is 8.78 Å². The van der Waals surface area contributed by atoms with Crippen LogP contribution in [-0.4, -0.2) is 19.8 Å². The summed E-state index contributed by atoms with van der Waals surface area (Å²) < 4.78 is 1.60. The van der Waals surface area contributed by atoms with E-state index in [1.807, 2.05) is 0 Å². The van der Waals surface area contributed by atoms with Crippen molar-refractivity contribution in [3.8, 4) is 0 Å². The third-order valence-corrected chi connectivity index (χ3v) is 9.51. The van der Waals surface area contributed by atoms with Crippen molar-refractivity contribution >= 4 is 30.7 Å². The molecule has 0 radical (unpaired) electrons. The van der Waals surface area contributed by atoms with Gasteiger partial charge in [0.05, 0.1) is 8.07 Å². The van der Waals surface area contributed by atoms with E-state index in [9.17, 15) is 0 Å². The molecule has 0 aromatic carbocycles. The summed E-state index contributed by atoms with van der Waals surface area (Å²) in [6, 6.07) is 0. The molecule has 0 aliphatic rings. The Morgan fingerprint density at radius 2 is 1.77 bits per heavy atom. The molecule has 78 valence electrons. The molecular weight excluding hydrogens is 291 g/mol. The lowest BCUT2D eigenvalue weighted by atomic mass is 10.1. The van der Waals surface area contributed by atoms with Gasteiger partial charge in [-0.15, -0.1) is 0 Å². The van der Waals surface area contributed by atoms with Crippen LogP contribution < -0.4 is 0 Å². The molecule has 13 heavy (non-hydrogen) atoms. The zero-order chi connectivity index (χ0) is 10.5. The molecule has 0 aliphatic heterocycles. The fraction of sp³-hybridized carbons (Fsp3) is 0.800. The van der Waals surface area contributed by atoms with Crippen LogP contribution in [-0.2, 0) is 0 Å². The van der Waals surface area contributed by atoms with Crippen molar-refractivity contribution in [1.82, 2.24) is 0 Å². The molecule has 0 rings (SSSR count). The van der Waals surface area contributed by atoms with Gasteiger partial charge >= 0.3 is 0 Å². The number of allylic oxidation sites excluding steroid dienone is 1. The summed E-state index contributed by atoms with van der Waals surface area (Å²) in [5, 5.41) is 8.67. The molecule has 3 heteroatoms. The smallest absolute Gasteiger partial charge is 0.0853 e. The second-order valence-electron chi connectivity index (χ2n) is 4.53. The third-order valence-electron chi connectivity index (χ3n) is 1.99. The Balaban J connectivity index is 4.12. The van der Waals surface area contributed by atoms with Crippen LogP contribution in [0.4, 0.5) is 0 Å². The highest BCUT2D eigenvalue weighted by molar-refractivity contribution is 14.1. The minimum absolute atomic E-state index is 0.330. The first-order chi connectivity index (χ1) is 5.89. The SMILES string of the molecule is C/C(CCCCO)=C(/I)[Si](C)(C)C. The van der Waals surface area contributed by atoms with E-state index in [0.29, 0.717) is 6.61 Å². The van der Waals surface area contributed by atoms with Crippen LogP contribution in [0.15, 0.2) is 8.78 Å². The van der Waals surface area contributed by atoms with Gasteiger partial charge in [-0.3, -0.25) is 0 Å². The van der Waals surface area contributed by atoms with Gasteiger partial charge < -0.3 is 5.11 Å². The first-order valence-electron chi connectivity index (χ1n) is 4.86. The van der Waals surface area contributed by atoms with E-state index in [1.165, 1.54) is 5.57 Å². The molecule has 0 aromatic rings. The topological polar surface area (TPSA) is 20.2 Å². The van der Waals surface area contributed by atoms with Gasteiger partial charge in [0.2, 0.25) is 0 Å². The van der Waals surface area contributed by atoms with Gasteiger partial charge in [0.15, 0.2) is 0 Å². The number of unbranched alkanes of at least 4 members (excludes halogenated alkanes) is 1. The highest BCUT2D eigenvalue weighted by Gasteiger charge is 2.18. The maximum absolute atomic E-state index is 8.67. The van der Waals surface area contributed by atoms with Gasteiger partial charge in [-0.05, 0) is 29.4 Å². The predicted molar refractivity (Wildman–Crippen MR) is 71.0 cm³/mol. The Morgan fingerprint density at radius 3 is 2.15 bits per heavy atom. The Kier molecular flexibility index (Phi) is 6.50. The van der Waals surface area contributed by atoms with Crippen molar-refractivity contribution < 1.29 is 5.11 Å². The summed E-state index contributed by atoms with van der Waals surface area (Å²) >= 11 is 2.50. The number of rotatable bonds is 5. The van der Waals surface area contributed by atoms with Gasteiger partial charge in [-0.2, -0.15) is 0 Å². The van der Waals surface area contributed by atoms with Crippen LogP contribution in [0.5, 0.6) is 0 Å². The highest BCUT2D eigenvalue weighted by atomic mass is 127.